The molecule has 0 radical (unpaired) electrons. The standard InChI is InChI=1S/C11H17N5O2/c1-7-5-16(6-8(2)18-7)11(17)9-3-4-10(13-12)15-14-9/h3-4,7-8H,5-6,12H2,1-2H3,(H,13,15). The molecule has 1 saturated heterocycles. The molecule has 0 bridgehead atoms. The maximum atomic E-state index is 12.2. The molecule has 98 valence electrons. The Hall–Kier alpha value is -1.73. The number of amides is 1. The van der Waals surface area contributed by atoms with E-state index >= 15 is 0 Å². The van der Waals surface area contributed by atoms with E-state index in [4.69, 9.17) is 10.6 Å². The summed E-state index contributed by atoms with van der Waals surface area (Å²) in [5, 5.41) is 7.64. The smallest absolute Gasteiger partial charge is 0.274 e. The molecular weight excluding hydrogens is 234 g/mol. The van der Waals surface area contributed by atoms with Crippen LogP contribution in [0.1, 0.15) is 24.3 Å². The fraction of sp³-hybridized carbons (Fsp3) is 0.545. The number of carbonyl (C=O) groups is 1. The summed E-state index contributed by atoms with van der Waals surface area (Å²) in [5.74, 6) is 5.49. The van der Waals surface area contributed by atoms with E-state index in [9.17, 15) is 4.79 Å². The number of aromatic nitrogens is 2. The van der Waals surface area contributed by atoms with Gasteiger partial charge in [0, 0.05) is 13.1 Å². The summed E-state index contributed by atoms with van der Waals surface area (Å²) in [7, 11) is 0. The van der Waals surface area contributed by atoms with Crippen molar-refractivity contribution in [3.05, 3.63) is 17.8 Å². The lowest BCUT2D eigenvalue weighted by Gasteiger charge is -2.35. The summed E-state index contributed by atoms with van der Waals surface area (Å²) >= 11 is 0. The molecule has 1 amide bonds. The second kappa shape index (κ2) is 5.28. The van der Waals surface area contributed by atoms with Crippen LogP contribution >= 0.6 is 0 Å². The minimum absolute atomic E-state index is 0.0376. The van der Waals surface area contributed by atoms with Crippen molar-refractivity contribution in [2.75, 3.05) is 18.5 Å². The van der Waals surface area contributed by atoms with Crippen LogP contribution in [0.3, 0.4) is 0 Å². The zero-order valence-electron chi connectivity index (χ0n) is 10.5. The second-order valence-corrected chi connectivity index (χ2v) is 4.42. The first-order chi connectivity index (χ1) is 8.60. The van der Waals surface area contributed by atoms with Gasteiger partial charge in [0.2, 0.25) is 0 Å². The van der Waals surface area contributed by atoms with Gasteiger partial charge in [-0.05, 0) is 26.0 Å². The molecule has 1 aliphatic heterocycles. The van der Waals surface area contributed by atoms with Gasteiger partial charge >= 0.3 is 0 Å². The lowest BCUT2D eigenvalue weighted by Crippen LogP contribution is -2.48. The van der Waals surface area contributed by atoms with Gasteiger partial charge in [-0.3, -0.25) is 4.79 Å². The third-order valence-corrected chi connectivity index (χ3v) is 2.74. The summed E-state index contributed by atoms with van der Waals surface area (Å²) in [6.45, 7) is 5.04. The van der Waals surface area contributed by atoms with E-state index in [1.807, 2.05) is 13.8 Å². The molecule has 1 fully saturated rings. The highest BCUT2D eigenvalue weighted by Crippen LogP contribution is 2.13. The molecule has 3 N–H and O–H groups in total. The van der Waals surface area contributed by atoms with Gasteiger partial charge in [0.1, 0.15) is 0 Å². The fourth-order valence-corrected chi connectivity index (χ4v) is 2.03. The molecule has 18 heavy (non-hydrogen) atoms. The number of hydrazine groups is 1. The average molecular weight is 251 g/mol. The molecule has 2 rings (SSSR count). The molecule has 2 heterocycles. The zero-order valence-corrected chi connectivity index (χ0v) is 10.5. The normalized spacial score (nSPS) is 23.8. The Bertz CT molecular complexity index is 412. The third-order valence-electron chi connectivity index (χ3n) is 2.74. The number of rotatable bonds is 2. The molecule has 0 aliphatic carbocycles. The minimum atomic E-state index is -0.131. The van der Waals surface area contributed by atoms with Crippen molar-refractivity contribution >= 4 is 11.7 Å². The quantitative estimate of drug-likeness (QED) is 0.568. The number of nitrogens with zero attached hydrogens (tertiary/aromatic N) is 3. The average Bonchev–Trinajstić information content (AvgIpc) is 2.37. The van der Waals surface area contributed by atoms with Crippen LogP contribution in [0.15, 0.2) is 12.1 Å². The van der Waals surface area contributed by atoms with Crippen LogP contribution in [0.25, 0.3) is 0 Å². The number of morpholine rings is 1. The van der Waals surface area contributed by atoms with Crippen LogP contribution in [0, 0.1) is 0 Å². The van der Waals surface area contributed by atoms with E-state index in [0.29, 0.717) is 24.6 Å². The van der Waals surface area contributed by atoms with Crippen molar-refractivity contribution in [2.45, 2.75) is 26.1 Å². The first-order valence-electron chi connectivity index (χ1n) is 5.85. The van der Waals surface area contributed by atoms with Gasteiger partial charge in [-0.25, -0.2) is 5.84 Å². The predicted molar refractivity (Wildman–Crippen MR) is 65.8 cm³/mol. The highest BCUT2D eigenvalue weighted by molar-refractivity contribution is 5.92. The van der Waals surface area contributed by atoms with Crippen molar-refractivity contribution in [3.63, 3.8) is 0 Å². The monoisotopic (exact) mass is 251 g/mol. The molecule has 0 aromatic carbocycles. The number of nitrogen functional groups attached to an aromatic ring is 1. The number of nitrogens with two attached hydrogens (primary N) is 1. The molecule has 7 nitrogen and oxygen atoms in total. The summed E-state index contributed by atoms with van der Waals surface area (Å²) in [5.41, 5.74) is 2.68. The van der Waals surface area contributed by atoms with Crippen molar-refractivity contribution in [2.24, 2.45) is 5.84 Å². The predicted octanol–water partition coefficient (Wildman–Crippen LogP) is 0.0116. The van der Waals surface area contributed by atoms with Crippen LogP contribution in [-0.2, 0) is 4.74 Å². The number of anilines is 1. The minimum Gasteiger partial charge on any atom is -0.372 e. The summed E-state index contributed by atoms with van der Waals surface area (Å²) in [4.78, 5) is 13.9. The topological polar surface area (TPSA) is 93.4 Å². The van der Waals surface area contributed by atoms with Crippen molar-refractivity contribution in [3.8, 4) is 0 Å². The van der Waals surface area contributed by atoms with E-state index in [2.05, 4.69) is 15.6 Å². The first-order valence-corrected chi connectivity index (χ1v) is 5.85. The molecule has 1 aliphatic rings. The molecule has 0 saturated carbocycles. The largest absolute Gasteiger partial charge is 0.372 e. The van der Waals surface area contributed by atoms with Crippen LogP contribution in [0.2, 0.25) is 0 Å². The Labute approximate surface area is 105 Å². The van der Waals surface area contributed by atoms with E-state index in [1.54, 1.807) is 17.0 Å². The molecule has 7 heteroatoms. The highest BCUT2D eigenvalue weighted by atomic mass is 16.5. The van der Waals surface area contributed by atoms with Gasteiger partial charge in [0.15, 0.2) is 11.5 Å². The van der Waals surface area contributed by atoms with Crippen LogP contribution < -0.4 is 11.3 Å². The lowest BCUT2D eigenvalue weighted by molar-refractivity contribution is -0.0587. The number of hydrogen-bond donors (Lipinski definition) is 2. The number of ether oxygens (including phenoxy) is 1. The molecule has 1 aromatic rings. The van der Waals surface area contributed by atoms with Crippen molar-refractivity contribution in [1.29, 1.82) is 0 Å². The zero-order chi connectivity index (χ0) is 13.1. The summed E-state index contributed by atoms with van der Waals surface area (Å²) in [6, 6.07) is 3.23. The molecule has 2 unspecified atom stereocenters. The molecule has 1 aromatic heterocycles. The van der Waals surface area contributed by atoms with Crippen LogP contribution in [0.4, 0.5) is 5.82 Å². The number of nitrogens with one attached hydrogen (secondary N) is 1. The molecular formula is C11H17N5O2. The van der Waals surface area contributed by atoms with Gasteiger partial charge < -0.3 is 15.1 Å². The Kier molecular flexibility index (Phi) is 3.73. The Morgan fingerprint density at radius 1 is 1.39 bits per heavy atom. The SMILES string of the molecule is CC1CN(C(=O)c2ccc(NN)nn2)CC(C)O1. The summed E-state index contributed by atoms with van der Waals surface area (Å²) in [6.07, 6.45) is 0.0753. The Balaban J connectivity index is 2.09. The van der Waals surface area contributed by atoms with Crippen LogP contribution in [-0.4, -0.2) is 46.3 Å². The van der Waals surface area contributed by atoms with E-state index in [1.165, 1.54) is 0 Å². The first kappa shape index (κ1) is 12.7. The van der Waals surface area contributed by atoms with Gasteiger partial charge in [0.25, 0.3) is 5.91 Å². The third kappa shape index (κ3) is 2.74. The molecule has 0 spiro atoms. The Morgan fingerprint density at radius 3 is 2.56 bits per heavy atom. The molecule has 2 atom stereocenters. The Morgan fingerprint density at radius 2 is 2.06 bits per heavy atom. The van der Waals surface area contributed by atoms with E-state index in [-0.39, 0.29) is 18.1 Å². The second-order valence-electron chi connectivity index (χ2n) is 4.42. The fourth-order valence-electron chi connectivity index (χ4n) is 2.03. The van der Waals surface area contributed by atoms with Gasteiger partial charge in [-0.1, -0.05) is 0 Å². The van der Waals surface area contributed by atoms with E-state index < -0.39 is 0 Å². The highest BCUT2D eigenvalue weighted by Gasteiger charge is 2.27. The van der Waals surface area contributed by atoms with Crippen molar-refractivity contribution < 1.29 is 9.53 Å². The lowest BCUT2D eigenvalue weighted by atomic mass is 10.2. The van der Waals surface area contributed by atoms with Gasteiger partial charge in [0.05, 0.1) is 12.2 Å². The van der Waals surface area contributed by atoms with Crippen molar-refractivity contribution in [1.82, 2.24) is 15.1 Å². The van der Waals surface area contributed by atoms with Gasteiger partial charge in [-0.2, -0.15) is 0 Å². The maximum absolute atomic E-state index is 12.2. The maximum Gasteiger partial charge on any atom is 0.274 e. The van der Waals surface area contributed by atoms with E-state index in [0.717, 1.165) is 0 Å². The summed E-state index contributed by atoms with van der Waals surface area (Å²) < 4.78 is 5.58. The van der Waals surface area contributed by atoms with Gasteiger partial charge in [-0.15, -0.1) is 10.2 Å². The number of carbonyl (C=O) groups excluding carboxylic acids is 1. The van der Waals surface area contributed by atoms with Crippen LogP contribution in [0.5, 0.6) is 0 Å². The number of hydrogen-bond acceptors (Lipinski definition) is 6.